The van der Waals surface area contributed by atoms with Crippen molar-refractivity contribution in [1.82, 2.24) is 4.98 Å². The Hall–Kier alpha value is -3.32. The average Bonchev–Trinajstić information content (AvgIpc) is 2.67. The summed E-state index contributed by atoms with van der Waals surface area (Å²) in [6.07, 6.45) is 1.66. The molecule has 0 saturated heterocycles. The third-order valence-corrected chi connectivity index (χ3v) is 3.61. The summed E-state index contributed by atoms with van der Waals surface area (Å²) < 4.78 is 11.1. The maximum Gasteiger partial charge on any atom is 0.221 e. The van der Waals surface area contributed by atoms with Crippen LogP contribution in [-0.2, 0) is 6.61 Å². The van der Waals surface area contributed by atoms with Crippen LogP contribution in [0.15, 0.2) is 66.9 Å². The van der Waals surface area contributed by atoms with E-state index in [-0.39, 0.29) is 0 Å². The molecule has 4 heteroatoms. The molecule has 0 spiro atoms. The maximum atomic E-state index is 9.49. The Morgan fingerprint density at radius 2 is 1.83 bits per heavy atom. The molecule has 2 aromatic carbocycles. The summed E-state index contributed by atoms with van der Waals surface area (Å²) in [6, 6.07) is 21.3. The van der Waals surface area contributed by atoms with Gasteiger partial charge in [0.15, 0.2) is 0 Å². The van der Waals surface area contributed by atoms with Gasteiger partial charge in [-0.3, -0.25) is 0 Å². The summed E-state index contributed by atoms with van der Waals surface area (Å²) in [5, 5.41) is 9.49. The summed E-state index contributed by atoms with van der Waals surface area (Å²) in [5.41, 5.74) is 3.15. The molecule has 1 aromatic heterocycles. The molecule has 3 aromatic rings. The highest BCUT2D eigenvalue weighted by atomic mass is 16.5. The van der Waals surface area contributed by atoms with Crippen molar-refractivity contribution in [1.29, 1.82) is 5.26 Å². The molecule has 24 heavy (non-hydrogen) atoms. The van der Waals surface area contributed by atoms with Crippen LogP contribution in [0.1, 0.15) is 11.1 Å². The van der Waals surface area contributed by atoms with Crippen molar-refractivity contribution < 1.29 is 9.47 Å². The van der Waals surface area contributed by atoms with Gasteiger partial charge in [0, 0.05) is 17.3 Å². The lowest BCUT2D eigenvalue weighted by Crippen LogP contribution is -1.97. The average molecular weight is 316 g/mol. The smallest absolute Gasteiger partial charge is 0.221 e. The number of benzene rings is 2. The standard InChI is InChI=1S/C20H16N2O2/c1-23-20-19(8-5-11-22-20)18-10-9-17(12-16(18)13-21)24-14-15-6-3-2-4-7-15/h2-12H,14H2,1H3. The van der Waals surface area contributed by atoms with E-state index in [2.05, 4.69) is 11.1 Å². The molecule has 0 atom stereocenters. The normalized spacial score (nSPS) is 10.0. The first-order valence-electron chi connectivity index (χ1n) is 7.52. The summed E-state index contributed by atoms with van der Waals surface area (Å²) >= 11 is 0. The molecule has 3 rings (SSSR count). The molecule has 1 heterocycles. The minimum atomic E-state index is 0.460. The first-order chi connectivity index (χ1) is 11.8. The number of ether oxygens (including phenoxy) is 2. The number of rotatable bonds is 5. The Labute approximate surface area is 140 Å². The zero-order valence-corrected chi connectivity index (χ0v) is 13.3. The van der Waals surface area contributed by atoms with E-state index in [1.54, 1.807) is 19.4 Å². The van der Waals surface area contributed by atoms with Gasteiger partial charge in [0.25, 0.3) is 0 Å². The molecule has 0 radical (unpaired) electrons. The van der Waals surface area contributed by atoms with Gasteiger partial charge in [-0.15, -0.1) is 0 Å². The van der Waals surface area contributed by atoms with Crippen LogP contribution in [0.5, 0.6) is 11.6 Å². The summed E-state index contributed by atoms with van der Waals surface area (Å²) in [4.78, 5) is 4.18. The van der Waals surface area contributed by atoms with Crippen molar-refractivity contribution in [2.24, 2.45) is 0 Å². The zero-order valence-electron chi connectivity index (χ0n) is 13.3. The second-order valence-electron chi connectivity index (χ2n) is 5.15. The molecule has 0 aliphatic heterocycles. The van der Waals surface area contributed by atoms with Crippen LogP contribution in [-0.4, -0.2) is 12.1 Å². The van der Waals surface area contributed by atoms with Crippen molar-refractivity contribution in [3.63, 3.8) is 0 Å². The molecule has 0 unspecified atom stereocenters. The van der Waals surface area contributed by atoms with Gasteiger partial charge in [0.05, 0.1) is 18.7 Å². The minimum absolute atomic E-state index is 0.460. The van der Waals surface area contributed by atoms with E-state index in [0.29, 0.717) is 23.8 Å². The van der Waals surface area contributed by atoms with E-state index in [4.69, 9.17) is 9.47 Å². The third-order valence-electron chi connectivity index (χ3n) is 3.61. The van der Waals surface area contributed by atoms with E-state index in [1.807, 2.05) is 54.6 Å². The van der Waals surface area contributed by atoms with Crippen LogP contribution in [0.25, 0.3) is 11.1 Å². The van der Waals surface area contributed by atoms with Gasteiger partial charge in [-0.1, -0.05) is 30.3 Å². The molecule has 0 aliphatic carbocycles. The van der Waals surface area contributed by atoms with E-state index in [0.717, 1.165) is 16.7 Å². The predicted octanol–water partition coefficient (Wildman–Crippen LogP) is 4.21. The summed E-state index contributed by atoms with van der Waals surface area (Å²) in [6.45, 7) is 0.460. The van der Waals surface area contributed by atoms with Crippen LogP contribution < -0.4 is 9.47 Å². The second kappa shape index (κ2) is 7.30. The SMILES string of the molecule is COc1ncccc1-c1ccc(OCc2ccccc2)cc1C#N. The predicted molar refractivity (Wildman–Crippen MR) is 91.7 cm³/mol. The molecule has 0 N–H and O–H groups in total. The van der Waals surface area contributed by atoms with Gasteiger partial charge >= 0.3 is 0 Å². The third kappa shape index (κ3) is 3.36. The van der Waals surface area contributed by atoms with Crippen LogP contribution >= 0.6 is 0 Å². The molecule has 118 valence electrons. The van der Waals surface area contributed by atoms with E-state index in [1.165, 1.54) is 0 Å². The highest BCUT2D eigenvalue weighted by Gasteiger charge is 2.12. The molecule has 0 saturated carbocycles. The number of hydrogen-bond donors (Lipinski definition) is 0. The van der Waals surface area contributed by atoms with Gasteiger partial charge in [-0.05, 0) is 35.9 Å². The van der Waals surface area contributed by atoms with Crippen molar-refractivity contribution >= 4 is 0 Å². The highest BCUT2D eigenvalue weighted by molar-refractivity contribution is 5.75. The Kier molecular flexibility index (Phi) is 4.73. The van der Waals surface area contributed by atoms with Crippen molar-refractivity contribution in [3.05, 3.63) is 78.0 Å². The summed E-state index contributed by atoms with van der Waals surface area (Å²) in [5.74, 6) is 1.15. The molecule has 0 amide bonds. The van der Waals surface area contributed by atoms with Crippen molar-refractivity contribution in [3.8, 4) is 28.8 Å². The van der Waals surface area contributed by atoms with Gasteiger partial charge in [-0.2, -0.15) is 5.26 Å². The van der Waals surface area contributed by atoms with Crippen LogP contribution in [0, 0.1) is 11.3 Å². The Morgan fingerprint density at radius 1 is 1.00 bits per heavy atom. The lowest BCUT2D eigenvalue weighted by Gasteiger charge is -2.11. The molecule has 4 nitrogen and oxygen atoms in total. The topological polar surface area (TPSA) is 55.1 Å². The van der Waals surface area contributed by atoms with Gasteiger partial charge < -0.3 is 9.47 Å². The number of hydrogen-bond acceptors (Lipinski definition) is 4. The van der Waals surface area contributed by atoms with Crippen LogP contribution in [0.3, 0.4) is 0 Å². The maximum absolute atomic E-state index is 9.49. The van der Waals surface area contributed by atoms with Gasteiger partial charge in [-0.25, -0.2) is 4.98 Å². The van der Waals surface area contributed by atoms with Crippen LogP contribution in [0.2, 0.25) is 0 Å². The first kappa shape index (κ1) is 15.6. The summed E-state index contributed by atoms with van der Waals surface area (Å²) in [7, 11) is 1.56. The molecule has 0 bridgehead atoms. The largest absolute Gasteiger partial charge is 0.489 e. The molecule has 0 aliphatic rings. The molecule has 0 fully saturated rings. The molecular formula is C20H16N2O2. The Morgan fingerprint density at radius 3 is 2.58 bits per heavy atom. The zero-order chi connectivity index (χ0) is 16.8. The first-order valence-corrected chi connectivity index (χ1v) is 7.52. The lowest BCUT2D eigenvalue weighted by atomic mass is 10.0. The number of aromatic nitrogens is 1. The van der Waals surface area contributed by atoms with E-state index >= 15 is 0 Å². The van der Waals surface area contributed by atoms with E-state index < -0.39 is 0 Å². The quantitative estimate of drug-likeness (QED) is 0.707. The fraction of sp³-hybridized carbons (Fsp3) is 0.100. The number of nitrogens with zero attached hydrogens (tertiary/aromatic N) is 2. The Balaban J connectivity index is 1.87. The van der Waals surface area contributed by atoms with Crippen molar-refractivity contribution in [2.75, 3.05) is 7.11 Å². The highest BCUT2D eigenvalue weighted by Crippen LogP contribution is 2.32. The van der Waals surface area contributed by atoms with Crippen LogP contribution in [0.4, 0.5) is 0 Å². The lowest BCUT2D eigenvalue weighted by molar-refractivity contribution is 0.306. The second-order valence-corrected chi connectivity index (χ2v) is 5.15. The van der Waals surface area contributed by atoms with Crippen molar-refractivity contribution in [2.45, 2.75) is 6.61 Å². The number of methoxy groups -OCH3 is 1. The minimum Gasteiger partial charge on any atom is -0.489 e. The number of pyridine rings is 1. The van der Waals surface area contributed by atoms with Gasteiger partial charge in [0.2, 0.25) is 5.88 Å². The van der Waals surface area contributed by atoms with E-state index in [9.17, 15) is 5.26 Å². The number of nitriles is 1. The molecular weight excluding hydrogens is 300 g/mol. The fourth-order valence-electron chi connectivity index (χ4n) is 2.44. The Bertz CT molecular complexity index is 870. The monoisotopic (exact) mass is 316 g/mol. The fourth-order valence-corrected chi connectivity index (χ4v) is 2.44. The van der Waals surface area contributed by atoms with Gasteiger partial charge in [0.1, 0.15) is 12.4 Å².